The summed E-state index contributed by atoms with van der Waals surface area (Å²) in [6, 6.07) is 0. The predicted octanol–water partition coefficient (Wildman–Crippen LogP) is 1.57. The molecule has 4 N–H and O–H groups in total. The van der Waals surface area contributed by atoms with E-state index in [0.29, 0.717) is 5.92 Å². The molecule has 0 spiro atoms. The monoisotopic (exact) mass is 338 g/mol. The van der Waals surface area contributed by atoms with Crippen LogP contribution in [0.2, 0.25) is 0 Å². The first-order valence-corrected chi connectivity index (χ1v) is 9.61. The van der Waals surface area contributed by atoms with Crippen LogP contribution >= 0.6 is 0 Å². The van der Waals surface area contributed by atoms with Gasteiger partial charge in [-0.05, 0) is 74.0 Å². The quantitative estimate of drug-likeness (QED) is 0.544. The topological polar surface area (TPSA) is 98.0 Å². The normalized spacial score (nSPS) is 51.7. The molecule has 0 bridgehead atoms. The summed E-state index contributed by atoms with van der Waals surface area (Å²) in [6.45, 7) is 2.39. The van der Waals surface area contributed by atoms with Crippen LogP contribution in [0, 0.1) is 34.5 Å². The van der Waals surface area contributed by atoms with Gasteiger partial charge in [-0.15, -0.1) is 0 Å². The van der Waals surface area contributed by atoms with E-state index in [4.69, 9.17) is 0 Å². The highest BCUT2D eigenvalue weighted by molar-refractivity contribution is 5.92. The first-order valence-electron chi connectivity index (χ1n) is 9.61. The van der Waals surface area contributed by atoms with E-state index in [1.54, 1.807) is 0 Å². The van der Waals surface area contributed by atoms with E-state index in [9.17, 15) is 25.2 Å². The highest BCUT2D eigenvalue weighted by Crippen LogP contribution is 2.67. The van der Waals surface area contributed by atoms with Crippen molar-refractivity contribution in [3.8, 4) is 0 Å². The van der Waals surface area contributed by atoms with E-state index in [2.05, 4.69) is 6.92 Å². The average Bonchev–Trinajstić information content (AvgIpc) is 2.79. The van der Waals surface area contributed by atoms with Crippen molar-refractivity contribution >= 4 is 5.78 Å². The molecule has 4 rings (SSSR count). The summed E-state index contributed by atoms with van der Waals surface area (Å²) in [4.78, 5) is 12.6. The third-order valence-electron chi connectivity index (χ3n) is 8.48. The van der Waals surface area contributed by atoms with Crippen LogP contribution in [-0.4, -0.2) is 38.3 Å². The summed E-state index contributed by atoms with van der Waals surface area (Å²) < 4.78 is 0. The van der Waals surface area contributed by atoms with Gasteiger partial charge < -0.3 is 20.4 Å². The van der Waals surface area contributed by atoms with Crippen LogP contribution in [0.1, 0.15) is 64.7 Å². The first-order chi connectivity index (χ1) is 11.2. The highest BCUT2D eigenvalue weighted by atomic mass is 16.7. The molecule has 0 saturated heterocycles. The molecule has 4 saturated carbocycles. The van der Waals surface area contributed by atoms with Crippen molar-refractivity contribution in [2.75, 3.05) is 0 Å². The molecule has 136 valence electrons. The van der Waals surface area contributed by atoms with Gasteiger partial charge in [0, 0.05) is 0 Å². The number of hydrogen-bond acceptors (Lipinski definition) is 5. The van der Waals surface area contributed by atoms with E-state index >= 15 is 0 Å². The van der Waals surface area contributed by atoms with Crippen LogP contribution in [0.5, 0.6) is 0 Å². The molecule has 2 unspecified atom stereocenters. The second kappa shape index (κ2) is 5.26. The third kappa shape index (κ3) is 1.99. The number of ketones is 1. The van der Waals surface area contributed by atoms with Gasteiger partial charge in [0.15, 0.2) is 5.78 Å². The van der Waals surface area contributed by atoms with E-state index in [1.165, 1.54) is 25.7 Å². The Kier molecular flexibility index (Phi) is 3.71. The molecular weight excluding hydrogens is 308 g/mol. The molecule has 4 aliphatic carbocycles. The number of Topliss-reactive ketones (excluding diaryl/α,β-unsaturated/α-hetero) is 1. The van der Waals surface area contributed by atoms with Crippen molar-refractivity contribution in [3.63, 3.8) is 0 Å². The van der Waals surface area contributed by atoms with Gasteiger partial charge in [0.05, 0.1) is 0 Å². The summed E-state index contributed by atoms with van der Waals surface area (Å²) in [7, 11) is 0. The number of aliphatic hydroxyl groups is 4. The van der Waals surface area contributed by atoms with Crippen molar-refractivity contribution in [1.29, 1.82) is 0 Å². The SMILES string of the molecule is C[C@]12CCCCC1CC[C@@H]1[C@@H]2CC[C@]2(C(O)(O)O)C(=O)C(O)C[C@@H]12. The zero-order valence-electron chi connectivity index (χ0n) is 14.4. The van der Waals surface area contributed by atoms with Gasteiger partial charge >= 0.3 is 0 Å². The van der Waals surface area contributed by atoms with Crippen LogP contribution in [0.25, 0.3) is 0 Å². The maximum atomic E-state index is 12.6. The van der Waals surface area contributed by atoms with E-state index in [-0.39, 0.29) is 30.1 Å². The lowest BCUT2D eigenvalue weighted by Crippen LogP contribution is -2.62. The number of aliphatic hydroxyl groups excluding tert-OH is 1. The predicted molar refractivity (Wildman–Crippen MR) is 86.5 cm³/mol. The van der Waals surface area contributed by atoms with Crippen molar-refractivity contribution in [3.05, 3.63) is 0 Å². The van der Waals surface area contributed by atoms with Gasteiger partial charge in [0.2, 0.25) is 0 Å². The second-order valence-electron chi connectivity index (χ2n) is 9.16. The van der Waals surface area contributed by atoms with Crippen LogP contribution in [0.15, 0.2) is 0 Å². The molecule has 0 heterocycles. The fourth-order valence-electron chi connectivity index (χ4n) is 7.34. The van der Waals surface area contributed by atoms with Crippen molar-refractivity contribution in [2.24, 2.45) is 34.5 Å². The minimum Gasteiger partial charge on any atom is -0.385 e. The molecule has 0 aromatic carbocycles. The molecule has 0 radical (unpaired) electrons. The molecule has 0 aromatic heterocycles. The fourth-order valence-corrected chi connectivity index (χ4v) is 7.34. The molecule has 4 aliphatic rings. The molecule has 5 nitrogen and oxygen atoms in total. The Bertz CT molecular complexity index is 540. The Morgan fingerprint density at radius 1 is 1.00 bits per heavy atom. The lowest BCUT2D eigenvalue weighted by molar-refractivity contribution is -0.381. The van der Waals surface area contributed by atoms with Crippen molar-refractivity contribution in [2.45, 2.75) is 76.8 Å². The molecule has 0 aliphatic heterocycles. The van der Waals surface area contributed by atoms with Crippen molar-refractivity contribution in [1.82, 2.24) is 0 Å². The van der Waals surface area contributed by atoms with Crippen LogP contribution in [-0.2, 0) is 4.79 Å². The lowest BCUT2D eigenvalue weighted by Gasteiger charge is -2.60. The van der Waals surface area contributed by atoms with Crippen LogP contribution < -0.4 is 0 Å². The number of carbonyl (C=O) groups excluding carboxylic acids is 1. The maximum Gasteiger partial charge on any atom is 0.288 e. The van der Waals surface area contributed by atoms with Gasteiger partial charge in [-0.3, -0.25) is 4.79 Å². The largest absolute Gasteiger partial charge is 0.385 e. The van der Waals surface area contributed by atoms with E-state index < -0.39 is 23.3 Å². The van der Waals surface area contributed by atoms with E-state index in [1.807, 2.05) is 0 Å². The maximum absolute atomic E-state index is 12.6. The Balaban J connectivity index is 1.73. The molecule has 4 fully saturated rings. The van der Waals surface area contributed by atoms with E-state index in [0.717, 1.165) is 25.2 Å². The minimum absolute atomic E-state index is 0.185. The molecule has 24 heavy (non-hydrogen) atoms. The molecular formula is C19H30O5. The molecule has 0 aromatic rings. The Morgan fingerprint density at radius 3 is 2.46 bits per heavy atom. The van der Waals surface area contributed by atoms with Gasteiger partial charge in [-0.1, -0.05) is 19.8 Å². The van der Waals surface area contributed by atoms with Crippen LogP contribution in [0.4, 0.5) is 0 Å². The number of carbonyl (C=O) groups is 1. The van der Waals surface area contributed by atoms with Gasteiger partial charge in [0.25, 0.3) is 5.97 Å². The van der Waals surface area contributed by atoms with Gasteiger partial charge in [-0.25, -0.2) is 0 Å². The Morgan fingerprint density at radius 2 is 1.75 bits per heavy atom. The fraction of sp³-hybridized carbons (Fsp3) is 0.947. The summed E-state index contributed by atoms with van der Waals surface area (Å²) in [5.74, 6) is -2.58. The zero-order chi connectivity index (χ0) is 17.3. The Hall–Kier alpha value is -0.490. The number of rotatable bonds is 1. The molecule has 5 heteroatoms. The first kappa shape index (κ1) is 17.0. The average molecular weight is 338 g/mol. The van der Waals surface area contributed by atoms with Crippen LogP contribution in [0.3, 0.4) is 0 Å². The van der Waals surface area contributed by atoms with Crippen molar-refractivity contribution < 1.29 is 25.2 Å². The molecule has 0 amide bonds. The number of hydrogen-bond donors (Lipinski definition) is 4. The van der Waals surface area contributed by atoms with Gasteiger partial charge in [0.1, 0.15) is 11.5 Å². The Labute approximate surface area is 143 Å². The standard InChI is InChI=1S/C19H30O5/c1-17-8-3-2-4-11(17)5-6-12-13(17)7-9-18(19(22,23)24)14(12)10-15(20)16(18)21/h11-15,20,22-24H,2-10H2,1H3/t11?,12-,13+,14+,15?,17+,18-/m1/s1. The number of fused-ring (bicyclic) bond motifs is 5. The summed E-state index contributed by atoms with van der Waals surface area (Å²) in [5.41, 5.74) is -1.35. The summed E-state index contributed by atoms with van der Waals surface area (Å²) in [6.07, 6.45) is 7.18. The zero-order valence-corrected chi connectivity index (χ0v) is 14.4. The van der Waals surface area contributed by atoms with Gasteiger partial charge in [-0.2, -0.15) is 0 Å². The lowest BCUT2D eigenvalue weighted by atomic mass is 9.45. The second-order valence-corrected chi connectivity index (χ2v) is 9.16. The smallest absolute Gasteiger partial charge is 0.288 e. The minimum atomic E-state index is -3.04. The molecule has 7 atom stereocenters. The summed E-state index contributed by atoms with van der Waals surface area (Å²) >= 11 is 0. The highest BCUT2D eigenvalue weighted by Gasteiger charge is 2.70. The third-order valence-corrected chi connectivity index (χ3v) is 8.48. The summed E-state index contributed by atoms with van der Waals surface area (Å²) in [5, 5.41) is 40.3.